The number of benzene rings is 2. The first-order valence-electron chi connectivity index (χ1n) is 8.81. The lowest BCUT2D eigenvalue weighted by Crippen LogP contribution is -2.23. The normalized spacial score (nSPS) is 16.0. The molecule has 0 spiro atoms. The number of fused-ring (bicyclic) bond motifs is 1. The minimum absolute atomic E-state index is 0.767. The summed E-state index contributed by atoms with van der Waals surface area (Å²) in [5.41, 5.74) is 1.24. The second-order valence-corrected chi connectivity index (χ2v) is 7.95. The molecule has 0 atom stereocenters. The van der Waals surface area contributed by atoms with Gasteiger partial charge in [-0.2, -0.15) is 0 Å². The molecule has 1 aliphatic heterocycles. The fourth-order valence-electron chi connectivity index (χ4n) is 3.33. The van der Waals surface area contributed by atoms with E-state index in [2.05, 4.69) is 47.4 Å². The highest BCUT2D eigenvalue weighted by molar-refractivity contribution is 7.21. The second kappa shape index (κ2) is 7.69. The summed E-state index contributed by atoms with van der Waals surface area (Å²) in [4.78, 5) is 8.68. The molecule has 0 amide bonds. The third-order valence-corrected chi connectivity index (χ3v) is 6.05. The molecule has 128 valence electrons. The standard InChI is InChI=1S/C21H21ClN2S/c22-17-8-9-20-18(14-17)19(23-10-13-24-11-4-5-12-24)15-21(25-20)16-6-2-1-3-7-16/h1-3,6-9,14-15H,4-5,10-13H2. The largest absolute Gasteiger partial charge is 0.301 e. The highest BCUT2D eigenvalue weighted by Gasteiger charge is 2.10. The smallest absolute Gasteiger partial charge is 0.0676 e. The summed E-state index contributed by atoms with van der Waals surface area (Å²) in [7, 11) is 0. The van der Waals surface area contributed by atoms with Gasteiger partial charge in [-0.15, -0.1) is 11.3 Å². The molecule has 3 aromatic rings. The van der Waals surface area contributed by atoms with Gasteiger partial charge in [0.05, 0.1) is 11.9 Å². The molecule has 0 aliphatic carbocycles. The lowest BCUT2D eigenvalue weighted by atomic mass is 10.1. The van der Waals surface area contributed by atoms with Gasteiger partial charge in [0.1, 0.15) is 0 Å². The number of rotatable bonds is 4. The van der Waals surface area contributed by atoms with E-state index in [0.29, 0.717) is 0 Å². The van der Waals surface area contributed by atoms with Crippen LogP contribution in [0.25, 0.3) is 20.5 Å². The monoisotopic (exact) mass is 368 g/mol. The SMILES string of the molecule is Clc1ccc2sc(-c3ccccc3)cc(=NCCN3CCCC3)c2c1. The van der Waals surface area contributed by atoms with Gasteiger partial charge in [0.2, 0.25) is 0 Å². The Morgan fingerprint density at radius 2 is 1.80 bits per heavy atom. The molecule has 1 aliphatic rings. The molecule has 0 bridgehead atoms. The van der Waals surface area contributed by atoms with Crippen molar-refractivity contribution < 1.29 is 0 Å². The highest BCUT2D eigenvalue weighted by atomic mass is 35.5. The van der Waals surface area contributed by atoms with Crippen molar-refractivity contribution in [2.75, 3.05) is 26.2 Å². The maximum atomic E-state index is 6.24. The predicted molar refractivity (Wildman–Crippen MR) is 108 cm³/mol. The van der Waals surface area contributed by atoms with Crippen LogP contribution in [-0.4, -0.2) is 31.1 Å². The lowest BCUT2D eigenvalue weighted by Gasteiger charge is -2.12. The van der Waals surface area contributed by atoms with Crippen LogP contribution in [0.5, 0.6) is 0 Å². The van der Waals surface area contributed by atoms with Crippen LogP contribution in [0, 0.1) is 0 Å². The minimum Gasteiger partial charge on any atom is -0.301 e. The molecule has 2 nitrogen and oxygen atoms in total. The Morgan fingerprint density at radius 3 is 2.60 bits per heavy atom. The van der Waals surface area contributed by atoms with Crippen LogP contribution >= 0.6 is 22.9 Å². The Kier molecular flexibility index (Phi) is 5.16. The van der Waals surface area contributed by atoms with E-state index in [1.54, 1.807) is 11.3 Å². The zero-order valence-electron chi connectivity index (χ0n) is 14.1. The van der Waals surface area contributed by atoms with E-state index < -0.39 is 0 Å². The van der Waals surface area contributed by atoms with Gasteiger partial charge < -0.3 is 4.90 Å². The maximum absolute atomic E-state index is 6.24. The van der Waals surface area contributed by atoms with E-state index in [9.17, 15) is 0 Å². The van der Waals surface area contributed by atoms with E-state index in [4.69, 9.17) is 16.6 Å². The lowest BCUT2D eigenvalue weighted by molar-refractivity contribution is 0.348. The molecule has 1 fully saturated rings. The molecule has 0 unspecified atom stereocenters. The molecule has 25 heavy (non-hydrogen) atoms. The van der Waals surface area contributed by atoms with Crippen LogP contribution in [0.4, 0.5) is 0 Å². The zero-order valence-corrected chi connectivity index (χ0v) is 15.7. The van der Waals surface area contributed by atoms with Crippen LogP contribution in [0.1, 0.15) is 12.8 Å². The van der Waals surface area contributed by atoms with E-state index >= 15 is 0 Å². The number of likely N-dealkylation sites (tertiary alicyclic amines) is 1. The Labute approximate surface area is 157 Å². The van der Waals surface area contributed by atoms with E-state index in [1.165, 1.54) is 41.1 Å². The van der Waals surface area contributed by atoms with Gasteiger partial charge in [0, 0.05) is 26.5 Å². The van der Waals surface area contributed by atoms with Crippen molar-refractivity contribution in [3.05, 3.63) is 65.0 Å². The Balaban J connectivity index is 1.75. The van der Waals surface area contributed by atoms with Gasteiger partial charge in [-0.25, -0.2) is 0 Å². The van der Waals surface area contributed by atoms with E-state index in [1.807, 2.05) is 12.1 Å². The van der Waals surface area contributed by atoms with Crippen molar-refractivity contribution in [1.82, 2.24) is 4.90 Å². The summed E-state index contributed by atoms with van der Waals surface area (Å²) in [5, 5.41) is 2.97. The number of hydrogen-bond acceptors (Lipinski definition) is 3. The van der Waals surface area contributed by atoms with Crippen molar-refractivity contribution in [2.45, 2.75) is 12.8 Å². The van der Waals surface area contributed by atoms with Gasteiger partial charge in [0.25, 0.3) is 0 Å². The summed E-state index contributed by atoms with van der Waals surface area (Å²) in [6.45, 7) is 4.31. The van der Waals surface area contributed by atoms with Crippen LogP contribution < -0.4 is 5.36 Å². The average molecular weight is 369 g/mol. The molecule has 4 rings (SSSR count). The third kappa shape index (κ3) is 3.95. The van der Waals surface area contributed by atoms with Gasteiger partial charge in [-0.05, 0) is 55.8 Å². The molecule has 0 N–H and O–H groups in total. The topological polar surface area (TPSA) is 15.6 Å². The van der Waals surface area contributed by atoms with Crippen molar-refractivity contribution in [3.8, 4) is 10.4 Å². The Morgan fingerprint density at radius 1 is 1.00 bits per heavy atom. The van der Waals surface area contributed by atoms with Gasteiger partial charge in [0.15, 0.2) is 0 Å². The Bertz CT molecular complexity index is 928. The first kappa shape index (κ1) is 16.8. The summed E-state index contributed by atoms with van der Waals surface area (Å²) in [5.74, 6) is 0. The van der Waals surface area contributed by atoms with E-state index in [0.717, 1.165) is 28.9 Å². The van der Waals surface area contributed by atoms with Crippen LogP contribution in [0.2, 0.25) is 5.02 Å². The molecule has 1 aromatic heterocycles. The Hall–Kier alpha value is -1.68. The summed E-state index contributed by atoms with van der Waals surface area (Å²) >= 11 is 8.03. The molecule has 2 heterocycles. The second-order valence-electron chi connectivity index (χ2n) is 6.43. The van der Waals surface area contributed by atoms with E-state index in [-0.39, 0.29) is 0 Å². The molecule has 4 heteroatoms. The molecular formula is C21H21ClN2S. The molecule has 0 saturated carbocycles. The molecular weight excluding hydrogens is 348 g/mol. The number of hydrogen-bond donors (Lipinski definition) is 0. The summed E-state index contributed by atoms with van der Waals surface area (Å²) < 4.78 is 1.23. The molecule has 1 saturated heterocycles. The first-order chi connectivity index (χ1) is 12.3. The predicted octanol–water partition coefficient (Wildman–Crippen LogP) is 5.22. The average Bonchev–Trinajstić information content (AvgIpc) is 3.16. The van der Waals surface area contributed by atoms with Crippen molar-refractivity contribution in [1.29, 1.82) is 0 Å². The molecule has 2 aromatic carbocycles. The molecule has 0 radical (unpaired) electrons. The number of nitrogens with zero attached hydrogens (tertiary/aromatic N) is 2. The summed E-state index contributed by atoms with van der Waals surface area (Å²) in [6, 6.07) is 18.8. The van der Waals surface area contributed by atoms with Crippen molar-refractivity contribution >= 4 is 33.0 Å². The van der Waals surface area contributed by atoms with Gasteiger partial charge in [-0.3, -0.25) is 4.99 Å². The fourth-order valence-corrected chi connectivity index (χ4v) is 4.58. The van der Waals surface area contributed by atoms with Gasteiger partial charge >= 0.3 is 0 Å². The summed E-state index contributed by atoms with van der Waals surface area (Å²) in [6.07, 6.45) is 2.65. The highest BCUT2D eigenvalue weighted by Crippen LogP contribution is 2.29. The number of halogens is 1. The maximum Gasteiger partial charge on any atom is 0.0676 e. The fraction of sp³-hybridized carbons (Fsp3) is 0.286. The van der Waals surface area contributed by atoms with Crippen LogP contribution in [0.15, 0.2) is 59.6 Å². The third-order valence-electron chi connectivity index (χ3n) is 4.66. The van der Waals surface area contributed by atoms with Crippen molar-refractivity contribution in [2.24, 2.45) is 4.99 Å². The quantitative estimate of drug-likeness (QED) is 0.616. The van der Waals surface area contributed by atoms with Crippen LogP contribution in [-0.2, 0) is 0 Å². The van der Waals surface area contributed by atoms with Crippen LogP contribution in [0.3, 0.4) is 0 Å². The zero-order chi connectivity index (χ0) is 17.1. The van der Waals surface area contributed by atoms with Crippen molar-refractivity contribution in [3.63, 3.8) is 0 Å². The van der Waals surface area contributed by atoms with Gasteiger partial charge in [-0.1, -0.05) is 41.9 Å². The first-order valence-corrected chi connectivity index (χ1v) is 10.0. The minimum atomic E-state index is 0.767.